The maximum absolute atomic E-state index is 13.3. The molecule has 2 aromatic carbocycles. The summed E-state index contributed by atoms with van der Waals surface area (Å²) in [6.45, 7) is 5.64. The average molecular weight is 394 g/mol. The van der Waals surface area contributed by atoms with Crippen molar-refractivity contribution in [3.8, 4) is 0 Å². The molecule has 0 aromatic heterocycles. The Labute approximate surface area is 159 Å². The second kappa shape index (κ2) is 8.04. The van der Waals surface area contributed by atoms with Gasteiger partial charge in [0.15, 0.2) is 11.6 Å². The lowest BCUT2D eigenvalue weighted by atomic mass is 10.1. The zero-order valence-electron chi connectivity index (χ0n) is 15.5. The topological polar surface area (TPSA) is 49.4 Å². The molecule has 1 saturated heterocycles. The van der Waals surface area contributed by atoms with E-state index in [1.165, 1.54) is 6.07 Å². The van der Waals surface area contributed by atoms with Gasteiger partial charge in [-0.3, -0.25) is 4.90 Å². The van der Waals surface area contributed by atoms with Gasteiger partial charge in [0.05, 0.1) is 4.90 Å². The Balaban J connectivity index is 1.58. The molecule has 1 aliphatic heterocycles. The van der Waals surface area contributed by atoms with Crippen LogP contribution >= 0.6 is 0 Å². The SMILES string of the molecule is Cc1ccc(S(=O)(=O)NC2CCN(Cc3ccc(F)c(F)c3)CC2)c(C)c1. The van der Waals surface area contributed by atoms with Crippen molar-refractivity contribution in [1.82, 2.24) is 9.62 Å². The summed E-state index contributed by atoms with van der Waals surface area (Å²) < 4.78 is 54.5. The van der Waals surface area contributed by atoms with E-state index in [1.807, 2.05) is 13.0 Å². The smallest absolute Gasteiger partial charge is 0.241 e. The van der Waals surface area contributed by atoms with Crippen molar-refractivity contribution in [2.75, 3.05) is 13.1 Å². The largest absolute Gasteiger partial charge is 0.299 e. The maximum atomic E-state index is 13.3. The number of hydrogen-bond acceptors (Lipinski definition) is 3. The van der Waals surface area contributed by atoms with Crippen LogP contribution in [0.4, 0.5) is 8.78 Å². The Hall–Kier alpha value is -1.83. The minimum absolute atomic E-state index is 0.128. The lowest BCUT2D eigenvalue weighted by Gasteiger charge is -2.32. The van der Waals surface area contributed by atoms with E-state index in [-0.39, 0.29) is 6.04 Å². The van der Waals surface area contributed by atoms with E-state index in [2.05, 4.69) is 9.62 Å². The molecule has 0 radical (unpaired) electrons. The van der Waals surface area contributed by atoms with Crippen molar-refractivity contribution < 1.29 is 17.2 Å². The number of piperidine rings is 1. The summed E-state index contributed by atoms with van der Waals surface area (Å²) in [6.07, 6.45) is 1.35. The number of hydrogen-bond donors (Lipinski definition) is 1. The first-order valence-corrected chi connectivity index (χ1v) is 10.5. The van der Waals surface area contributed by atoms with Gasteiger partial charge < -0.3 is 0 Å². The number of benzene rings is 2. The third-order valence-electron chi connectivity index (χ3n) is 4.92. The first-order chi connectivity index (χ1) is 12.7. The second-order valence-electron chi connectivity index (χ2n) is 7.19. The van der Waals surface area contributed by atoms with Crippen LogP contribution in [0.3, 0.4) is 0 Å². The Morgan fingerprint density at radius 3 is 2.37 bits per heavy atom. The molecule has 0 bridgehead atoms. The molecule has 7 heteroatoms. The first kappa shape index (κ1) is 19.9. The molecule has 1 heterocycles. The number of nitrogens with one attached hydrogen (secondary N) is 1. The Morgan fingerprint density at radius 2 is 1.74 bits per heavy atom. The van der Waals surface area contributed by atoms with Crippen LogP contribution in [0.1, 0.15) is 29.5 Å². The van der Waals surface area contributed by atoms with Gasteiger partial charge in [0.25, 0.3) is 0 Å². The lowest BCUT2D eigenvalue weighted by molar-refractivity contribution is 0.199. The molecule has 0 atom stereocenters. The Bertz CT molecular complexity index is 924. The molecule has 0 saturated carbocycles. The third kappa shape index (κ3) is 4.91. The highest BCUT2D eigenvalue weighted by molar-refractivity contribution is 7.89. The zero-order valence-corrected chi connectivity index (χ0v) is 16.3. The van der Waals surface area contributed by atoms with Crippen LogP contribution in [0.15, 0.2) is 41.3 Å². The fourth-order valence-corrected chi connectivity index (χ4v) is 5.02. The van der Waals surface area contributed by atoms with Crippen LogP contribution in [-0.2, 0) is 16.6 Å². The zero-order chi connectivity index (χ0) is 19.6. The minimum atomic E-state index is -3.55. The van der Waals surface area contributed by atoms with Crippen LogP contribution in [0, 0.1) is 25.5 Å². The number of likely N-dealkylation sites (tertiary alicyclic amines) is 1. The molecule has 0 amide bonds. The molecule has 0 aliphatic carbocycles. The van der Waals surface area contributed by atoms with E-state index in [4.69, 9.17) is 0 Å². The lowest BCUT2D eigenvalue weighted by Crippen LogP contribution is -2.44. The van der Waals surface area contributed by atoms with Crippen molar-refractivity contribution in [3.05, 3.63) is 64.7 Å². The van der Waals surface area contributed by atoms with E-state index in [1.54, 1.807) is 25.1 Å². The highest BCUT2D eigenvalue weighted by Crippen LogP contribution is 2.20. The molecule has 1 aliphatic rings. The fourth-order valence-electron chi connectivity index (χ4n) is 3.49. The normalized spacial score (nSPS) is 16.6. The Morgan fingerprint density at radius 1 is 1.04 bits per heavy atom. The van der Waals surface area contributed by atoms with Gasteiger partial charge >= 0.3 is 0 Å². The molecule has 0 spiro atoms. The highest BCUT2D eigenvalue weighted by Gasteiger charge is 2.25. The molecule has 0 unspecified atom stereocenters. The van der Waals surface area contributed by atoms with E-state index in [0.717, 1.165) is 17.2 Å². The number of aryl methyl sites for hydroxylation is 2. The number of nitrogens with zero attached hydrogens (tertiary/aromatic N) is 1. The van der Waals surface area contributed by atoms with Crippen LogP contribution < -0.4 is 4.72 Å². The molecule has 3 rings (SSSR count). The molecular weight excluding hydrogens is 370 g/mol. The van der Waals surface area contributed by atoms with Crippen LogP contribution in [-0.4, -0.2) is 32.4 Å². The van der Waals surface area contributed by atoms with Gasteiger partial charge in [-0.25, -0.2) is 21.9 Å². The van der Waals surface area contributed by atoms with Gasteiger partial charge in [0, 0.05) is 25.7 Å². The molecule has 146 valence electrons. The van der Waals surface area contributed by atoms with Gasteiger partial charge in [0.1, 0.15) is 0 Å². The van der Waals surface area contributed by atoms with Gasteiger partial charge in [-0.1, -0.05) is 23.8 Å². The van der Waals surface area contributed by atoms with Crippen molar-refractivity contribution in [3.63, 3.8) is 0 Å². The monoisotopic (exact) mass is 394 g/mol. The molecule has 1 N–H and O–H groups in total. The molecule has 2 aromatic rings. The summed E-state index contributed by atoms with van der Waals surface area (Å²) in [7, 11) is -3.55. The second-order valence-corrected chi connectivity index (χ2v) is 8.87. The van der Waals surface area contributed by atoms with Crippen molar-refractivity contribution in [2.45, 2.75) is 44.2 Å². The summed E-state index contributed by atoms with van der Waals surface area (Å²) in [5.41, 5.74) is 2.47. The standard InChI is InChI=1S/C20H24F2N2O2S/c1-14-3-6-20(15(2)11-14)27(25,26)23-17-7-9-24(10-8-17)13-16-4-5-18(21)19(22)12-16/h3-6,11-12,17,23H,7-10,13H2,1-2H3. The molecule has 1 fully saturated rings. The van der Waals surface area contributed by atoms with Crippen LogP contribution in [0.2, 0.25) is 0 Å². The fraction of sp³-hybridized carbons (Fsp3) is 0.400. The highest BCUT2D eigenvalue weighted by atomic mass is 32.2. The van der Waals surface area contributed by atoms with E-state index >= 15 is 0 Å². The summed E-state index contributed by atoms with van der Waals surface area (Å²) in [6, 6.07) is 9.10. The predicted molar refractivity (Wildman–Crippen MR) is 101 cm³/mol. The van der Waals surface area contributed by atoms with Crippen molar-refractivity contribution in [2.24, 2.45) is 0 Å². The number of sulfonamides is 1. The first-order valence-electron chi connectivity index (χ1n) is 9.00. The number of rotatable bonds is 5. The number of halogens is 2. The van der Waals surface area contributed by atoms with Gasteiger partial charge in [-0.15, -0.1) is 0 Å². The van der Waals surface area contributed by atoms with E-state index < -0.39 is 21.7 Å². The van der Waals surface area contributed by atoms with Gasteiger partial charge in [-0.2, -0.15) is 0 Å². The third-order valence-corrected chi connectivity index (χ3v) is 6.60. The van der Waals surface area contributed by atoms with Crippen LogP contribution in [0.25, 0.3) is 0 Å². The van der Waals surface area contributed by atoms with E-state index in [0.29, 0.717) is 42.9 Å². The van der Waals surface area contributed by atoms with Crippen molar-refractivity contribution >= 4 is 10.0 Å². The van der Waals surface area contributed by atoms with Gasteiger partial charge in [0.2, 0.25) is 10.0 Å². The summed E-state index contributed by atoms with van der Waals surface area (Å²) in [5.74, 6) is -1.69. The maximum Gasteiger partial charge on any atom is 0.241 e. The molecule has 4 nitrogen and oxygen atoms in total. The summed E-state index contributed by atoms with van der Waals surface area (Å²) in [4.78, 5) is 2.44. The molecular formula is C20H24F2N2O2S. The Kier molecular flexibility index (Phi) is 5.93. The van der Waals surface area contributed by atoms with E-state index in [9.17, 15) is 17.2 Å². The quantitative estimate of drug-likeness (QED) is 0.844. The predicted octanol–water partition coefficient (Wildman–Crippen LogP) is 3.52. The van der Waals surface area contributed by atoms with Crippen molar-refractivity contribution in [1.29, 1.82) is 0 Å². The van der Waals surface area contributed by atoms with Crippen LogP contribution in [0.5, 0.6) is 0 Å². The molecule has 27 heavy (non-hydrogen) atoms. The summed E-state index contributed by atoms with van der Waals surface area (Å²) in [5, 5.41) is 0. The van der Waals surface area contributed by atoms with Gasteiger partial charge in [-0.05, 0) is 56.0 Å². The average Bonchev–Trinajstić information content (AvgIpc) is 2.59. The minimum Gasteiger partial charge on any atom is -0.299 e. The summed E-state index contributed by atoms with van der Waals surface area (Å²) >= 11 is 0.